The molecule has 3 heteroatoms. The van der Waals surface area contributed by atoms with Crippen LogP contribution in [0.25, 0.3) is 0 Å². The molecule has 0 atom stereocenters. The van der Waals surface area contributed by atoms with Crippen molar-refractivity contribution in [1.29, 1.82) is 0 Å². The number of ketones is 2. The van der Waals surface area contributed by atoms with Gasteiger partial charge in [0, 0.05) is 23.5 Å². The summed E-state index contributed by atoms with van der Waals surface area (Å²) in [4.78, 5) is 23.8. The van der Waals surface area contributed by atoms with Crippen LogP contribution in [-0.2, 0) is 17.1 Å². The summed E-state index contributed by atoms with van der Waals surface area (Å²) in [5.74, 6) is 0.216. The molecule has 0 unspecified atom stereocenters. The molecule has 0 radical (unpaired) electrons. The monoisotopic (exact) mass is 354 g/mol. The summed E-state index contributed by atoms with van der Waals surface area (Å²) in [5.41, 5.74) is 1.25. The number of carbonyl (C=O) groups is 2. The third kappa shape index (κ3) is 8.10. The molecule has 0 saturated heterocycles. The number of unbranched alkanes of at least 4 members (excludes halogenated alkanes) is 2. The van der Waals surface area contributed by atoms with E-state index in [0.29, 0.717) is 24.0 Å². The zero-order chi connectivity index (χ0) is 16.2. The van der Waals surface area contributed by atoms with E-state index in [0.717, 1.165) is 25.7 Å². The van der Waals surface area contributed by atoms with Crippen molar-refractivity contribution >= 4 is 11.6 Å². The van der Waals surface area contributed by atoms with Crippen LogP contribution in [0.15, 0.2) is 48.5 Å². The summed E-state index contributed by atoms with van der Waals surface area (Å²) < 4.78 is 0. The second-order valence-corrected chi connectivity index (χ2v) is 5.37. The zero-order valence-corrected chi connectivity index (χ0v) is 15.1. The Balaban J connectivity index is 0.000000684. The van der Waals surface area contributed by atoms with Crippen LogP contribution in [0.5, 0.6) is 0 Å². The van der Waals surface area contributed by atoms with Gasteiger partial charge in [0.25, 0.3) is 0 Å². The minimum atomic E-state index is 0. The molecular weight excluding hydrogens is 328 g/mol. The van der Waals surface area contributed by atoms with Crippen LogP contribution in [0.3, 0.4) is 0 Å². The molecule has 0 amide bonds. The first-order chi connectivity index (χ1) is 10.7. The minimum absolute atomic E-state index is 0. The van der Waals surface area contributed by atoms with E-state index in [1.165, 1.54) is 0 Å². The molecule has 0 heterocycles. The van der Waals surface area contributed by atoms with Crippen LogP contribution in [-0.4, -0.2) is 11.6 Å². The van der Waals surface area contributed by atoms with Crippen LogP contribution in [0.1, 0.15) is 73.1 Å². The molecule has 2 nitrogen and oxygen atoms in total. The maximum atomic E-state index is 11.9. The number of Topliss-reactive ketones (excluding diaryl/α,β-unsaturated/α-hetero) is 2. The van der Waals surface area contributed by atoms with Gasteiger partial charge in [0.05, 0.1) is 5.78 Å². The Kier molecular flexibility index (Phi) is 12.2. The second-order valence-electron chi connectivity index (χ2n) is 5.37. The molecule has 2 rings (SSSR count). The smallest absolute Gasteiger partial charge is 0.122 e. The van der Waals surface area contributed by atoms with Gasteiger partial charge in [-0.2, -0.15) is 12.1 Å². The van der Waals surface area contributed by atoms with Crippen molar-refractivity contribution in [2.24, 2.45) is 0 Å². The SMILES string of the molecule is CCCCC(=O)c1ccc[c-]1C(=O)CCCC.[Fe].[cH-]1[cH-][cH-][cH-][cH-]1. The third-order valence-electron chi connectivity index (χ3n) is 3.49. The normalized spacial score (nSPS) is 9.48. The van der Waals surface area contributed by atoms with Gasteiger partial charge >= 0.3 is 0 Å². The van der Waals surface area contributed by atoms with Crippen LogP contribution in [0.2, 0.25) is 0 Å². The number of hydrogen-bond acceptors (Lipinski definition) is 2. The van der Waals surface area contributed by atoms with Crippen molar-refractivity contribution in [2.45, 2.75) is 52.4 Å². The van der Waals surface area contributed by atoms with Gasteiger partial charge in [-0.15, -0.1) is 11.6 Å². The molecule has 23 heavy (non-hydrogen) atoms. The fraction of sp³-hybridized carbons (Fsp3) is 0.400. The third-order valence-corrected chi connectivity index (χ3v) is 3.49. The molecule has 0 aliphatic carbocycles. The van der Waals surface area contributed by atoms with Gasteiger partial charge in [0.1, 0.15) is 5.78 Å². The number of rotatable bonds is 8. The topological polar surface area (TPSA) is 34.1 Å². The van der Waals surface area contributed by atoms with Crippen LogP contribution < -0.4 is 0 Å². The average molecular weight is 354 g/mol. The molecule has 0 fully saturated rings. The Morgan fingerprint density at radius 3 is 2.00 bits per heavy atom. The average Bonchev–Trinajstić information content (AvgIpc) is 3.23. The van der Waals surface area contributed by atoms with Gasteiger partial charge in [0.2, 0.25) is 0 Å². The fourth-order valence-corrected chi connectivity index (χ4v) is 2.17. The maximum Gasteiger partial charge on any atom is 0.122 e. The first-order valence-corrected chi connectivity index (χ1v) is 8.19. The first kappa shape index (κ1) is 21.6. The molecule has 0 aliphatic heterocycles. The molecule has 2 aromatic carbocycles. The predicted molar refractivity (Wildman–Crippen MR) is 91.8 cm³/mol. The predicted octanol–water partition coefficient (Wildman–Crippen LogP) is 5.55. The number of carbonyl (C=O) groups excluding carboxylic acids is 2. The van der Waals surface area contributed by atoms with Crippen molar-refractivity contribution in [3.63, 3.8) is 0 Å². The largest absolute Gasteiger partial charge is 0.748 e. The summed E-state index contributed by atoms with van der Waals surface area (Å²) >= 11 is 0. The van der Waals surface area contributed by atoms with Crippen LogP contribution >= 0.6 is 0 Å². The van der Waals surface area contributed by atoms with Gasteiger partial charge in [-0.1, -0.05) is 38.7 Å². The van der Waals surface area contributed by atoms with Gasteiger partial charge in [0.15, 0.2) is 0 Å². The van der Waals surface area contributed by atoms with Crippen molar-refractivity contribution in [2.75, 3.05) is 0 Å². The number of hydrogen-bond donors (Lipinski definition) is 0. The Hall–Kier alpha value is -1.44. The van der Waals surface area contributed by atoms with E-state index in [1.54, 1.807) is 18.2 Å². The fourth-order valence-electron chi connectivity index (χ4n) is 2.17. The van der Waals surface area contributed by atoms with E-state index in [2.05, 4.69) is 13.8 Å². The van der Waals surface area contributed by atoms with E-state index in [4.69, 9.17) is 0 Å². The Labute approximate surface area is 150 Å². The molecule has 2 aromatic rings. The summed E-state index contributed by atoms with van der Waals surface area (Å²) in [5, 5.41) is 0. The first-order valence-electron chi connectivity index (χ1n) is 8.19. The van der Waals surface area contributed by atoms with Crippen molar-refractivity contribution in [3.05, 3.63) is 59.7 Å². The molecular formula is C20H26FeO2-6. The minimum Gasteiger partial charge on any atom is -0.748 e. The van der Waals surface area contributed by atoms with E-state index in [1.807, 2.05) is 30.3 Å². The molecule has 0 spiro atoms. The van der Waals surface area contributed by atoms with E-state index in [-0.39, 0.29) is 28.6 Å². The quantitative estimate of drug-likeness (QED) is 0.354. The molecule has 0 bridgehead atoms. The summed E-state index contributed by atoms with van der Waals surface area (Å²) in [6.07, 6.45) is 4.90. The Bertz CT molecular complexity index is 486. The van der Waals surface area contributed by atoms with E-state index >= 15 is 0 Å². The van der Waals surface area contributed by atoms with Crippen LogP contribution in [0.4, 0.5) is 0 Å². The second kappa shape index (κ2) is 13.0. The summed E-state index contributed by atoms with van der Waals surface area (Å²) in [7, 11) is 0. The zero-order valence-electron chi connectivity index (χ0n) is 14.0. The van der Waals surface area contributed by atoms with E-state index < -0.39 is 0 Å². The Morgan fingerprint density at radius 2 is 1.48 bits per heavy atom. The molecule has 132 valence electrons. The van der Waals surface area contributed by atoms with Crippen molar-refractivity contribution in [1.82, 2.24) is 0 Å². The summed E-state index contributed by atoms with van der Waals surface area (Å²) in [6, 6.07) is 15.4. The van der Waals surface area contributed by atoms with Gasteiger partial charge in [-0.3, -0.25) is 0 Å². The molecule has 0 aliphatic rings. The van der Waals surface area contributed by atoms with Crippen LogP contribution in [0, 0.1) is 0 Å². The molecule has 0 saturated carbocycles. The standard InChI is InChI=1S/C15H21O2.C5H5.Fe/c1-3-5-10-14(16)12-8-7-9-13(12)15(17)11-6-4-2;1-2-4-5-3-1;/h7-9H,3-6,10-11H2,1-2H3;1-5H;/q-1;-5;. The van der Waals surface area contributed by atoms with Gasteiger partial charge in [-0.25, -0.2) is 0 Å². The molecule has 0 aromatic heterocycles. The van der Waals surface area contributed by atoms with Crippen molar-refractivity contribution in [3.8, 4) is 0 Å². The molecule has 0 N–H and O–H groups in total. The van der Waals surface area contributed by atoms with Crippen molar-refractivity contribution < 1.29 is 26.7 Å². The van der Waals surface area contributed by atoms with E-state index in [9.17, 15) is 9.59 Å². The maximum absolute atomic E-state index is 11.9. The Morgan fingerprint density at radius 1 is 0.957 bits per heavy atom. The van der Waals surface area contributed by atoms with Gasteiger partial charge < -0.3 is 39.9 Å². The summed E-state index contributed by atoms with van der Waals surface area (Å²) in [6.45, 7) is 4.12. The van der Waals surface area contributed by atoms with Gasteiger partial charge in [-0.05, 0) is 12.8 Å².